The number of ketones is 1. The summed E-state index contributed by atoms with van der Waals surface area (Å²) in [5.74, 6) is 2.79. The summed E-state index contributed by atoms with van der Waals surface area (Å²) in [5, 5.41) is 10.9. The van der Waals surface area contributed by atoms with Crippen LogP contribution in [0.3, 0.4) is 0 Å². The van der Waals surface area contributed by atoms with Gasteiger partial charge in [-0.15, -0.1) is 0 Å². The van der Waals surface area contributed by atoms with Gasteiger partial charge < -0.3 is 5.11 Å². The highest BCUT2D eigenvalue weighted by Crippen LogP contribution is 2.66. The van der Waals surface area contributed by atoms with Crippen LogP contribution in [0.25, 0.3) is 0 Å². The van der Waals surface area contributed by atoms with Gasteiger partial charge in [0.1, 0.15) is 0 Å². The summed E-state index contributed by atoms with van der Waals surface area (Å²) in [6, 6.07) is 0. The Hall–Kier alpha value is -0.630. The lowest BCUT2D eigenvalue weighted by Crippen LogP contribution is -2.55. The highest BCUT2D eigenvalue weighted by Gasteiger charge is 2.60. The number of fused-ring (bicyclic) bond motifs is 5. The maximum Gasteiger partial charge on any atom is 0.155 e. The minimum atomic E-state index is -0.231. The van der Waals surface area contributed by atoms with Gasteiger partial charge in [-0.1, -0.05) is 26.3 Å². The molecule has 7 atom stereocenters. The molecule has 4 aliphatic carbocycles. The minimum Gasteiger partial charge on any atom is -0.392 e. The maximum absolute atomic E-state index is 11.8. The number of carbonyl (C=O) groups excluding carboxylic acids is 1. The quantitative estimate of drug-likeness (QED) is 0.730. The van der Waals surface area contributed by atoms with Gasteiger partial charge >= 0.3 is 0 Å². The van der Waals surface area contributed by atoms with Crippen molar-refractivity contribution >= 4 is 5.78 Å². The molecule has 0 saturated heterocycles. The fraction of sp³-hybridized carbons (Fsp3) is 0.850. The number of hydrogen-bond donors (Lipinski definition) is 1. The summed E-state index contributed by atoms with van der Waals surface area (Å²) in [4.78, 5) is 11.8. The Balaban J connectivity index is 1.74. The normalized spacial score (nSPS) is 54.3. The minimum absolute atomic E-state index is 0.172. The van der Waals surface area contributed by atoms with E-state index in [1.807, 2.05) is 6.08 Å². The van der Waals surface area contributed by atoms with Gasteiger partial charge in [-0.2, -0.15) is 0 Å². The standard InChI is InChI=1S/C20H30O2/c1-12-4-5-15-18-16(7-9-19(12,15)2)20(3)8-6-14(21)10-13(20)11-17(18)22/h10,12,15-18,22H,4-9,11H2,1-3H3/t12-,15?,16?,17?,18?,19+,20-/m0/s1. The van der Waals surface area contributed by atoms with E-state index in [-0.39, 0.29) is 17.3 Å². The molecule has 22 heavy (non-hydrogen) atoms. The third-order valence-corrected chi connectivity index (χ3v) is 8.46. The summed E-state index contributed by atoms with van der Waals surface area (Å²) in [5.41, 5.74) is 1.86. The summed E-state index contributed by atoms with van der Waals surface area (Å²) < 4.78 is 0. The molecule has 0 aromatic heterocycles. The molecule has 4 aliphatic rings. The number of rotatable bonds is 0. The zero-order valence-corrected chi connectivity index (χ0v) is 14.3. The maximum atomic E-state index is 11.8. The van der Waals surface area contributed by atoms with Crippen LogP contribution in [0.1, 0.15) is 65.7 Å². The zero-order valence-electron chi connectivity index (χ0n) is 14.3. The van der Waals surface area contributed by atoms with Gasteiger partial charge in [-0.05, 0) is 79.1 Å². The highest BCUT2D eigenvalue weighted by molar-refractivity contribution is 5.91. The Morgan fingerprint density at radius 3 is 2.68 bits per heavy atom. The van der Waals surface area contributed by atoms with Gasteiger partial charge in [0, 0.05) is 6.42 Å². The molecular weight excluding hydrogens is 272 g/mol. The highest BCUT2D eigenvalue weighted by atomic mass is 16.3. The van der Waals surface area contributed by atoms with Gasteiger partial charge in [-0.25, -0.2) is 0 Å². The fourth-order valence-electron chi connectivity index (χ4n) is 6.79. The second-order valence-corrected chi connectivity index (χ2v) is 9.14. The van der Waals surface area contributed by atoms with Gasteiger partial charge in [0.05, 0.1) is 6.10 Å². The van der Waals surface area contributed by atoms with Crippen LogP contribution in [-0.4, -0.2) is 17.0 Å². The van der Waals surface area contributed by atoms with E-state index in [1.165, 1.54) is 31.3 Å². The molecule has 0 bridgehead atoms. The van der Waals surface area contributed by atoms with E-state index >= 15 is 0 Å². The first-order valence-corrected chi connectivity index (χ1v) is 9.28. The van der Waals surface area contributed by atoms with Crippen molar-refractivity contribution < 1.29 is 9.90 Å². The summed E-state index contributed by atoms with van der Waals surface area (Å²) in [6.07, 6.45) is 9.27. The van der Waals surface area contributed by atoms with Crippen LogP contribution in [0, 0.1) is 34.5 Å². The largest absolute Gasteiger partial charge is 0.392 e. The molecule has 3 saturated carbocycles. The van der Waals surface area contributed by atoms with Crippen molar-refractivity contribution in [3.05, 3.63) is 11.6 Å². The summed E-state index contributed by atoms with van der Waals surface area (Å²) in [7, 11) is 0. The van der Waals surface area contributed by atoms with Crippen LogP contribution >= 0.6 is 0 Å². The van der Waals surface area contributed by atoms with Crippen LogP contribution in [0.15, 0.2) is 11.6 Å². The Morgan fingerprint density at radius 1 is 1.14 bits per heavy atom. The molecular formula is C20H30O2. The molecule has 0 aromatic rings. The molecule has 4 rings (SSSR count). The zero-order chi connectivity index (χ0) is 15.7. The predicted octanol–water partition coefficient (Wildman–Crippen LogP) is 4.13. The van der Waals surface area contributed by atoms with Crippen LogP contribution in [-0.2, 0) is 4.79 Å². The lowest BCUT2D eigenvalue weighted by molar-refractivity contribution is -0.122. The Labute approximate surface area is 134 Å². The molecule has 3 fully saturated rings. The first-order valence-electron chi connectivity index (χ1n) is 9.28. The Kier molecular flexibility index (Phi) is 3.18. The summed E-state index contributed by atoms with van der Waals surface area (Å²) in [6.45, 7) is 7.29. The molecule has 4 unspecified atom stereocenters. The topological polar surface area (TPSA) is 37.3 Å². The van der Waals surface area contributed by atoms with Crippen LogP contribution < -0.4 is 0 Å². The molecule has 0 radical (unpaired) electrons. The molecule has 1 N–H and O–H groups in total. The van der Waals surface area contributed by atoms with E-state index in [9.17, 15) is 9.90 Å². The van der Waals surface area contributed by atoms with Crippen molar-refractivity contribution in [1.82, 2.24) is 0 Å². The van der Waals surface area contributed by atoms with E-state index in [0.29, 0.717) is 29.6 Å². The average molecular weight is 302 g/mol. The van der Waals surface area contributed by atoms with E-state index in [4.69, 9.17) is 0 Å². The first-order chi connectivity index (χ1) is 10.4. The molecule has 0 aliphatic heterocycles. The van der Waals surface area contributed by atoms with E-state index in [1.54, 1.807) is 0 Å². The van der Waals surface area contributed by atoms with Crippen molar-refractivity contribution in [2.24, 2.45) is 34.5 Å². The third-order valence-electron chi connectivity index (χ3n) is 8.46. The van der Waals surface area contributed by atoms with Crippen molar-refractivity contribution in [1.29, 1.82) is 0 Å². The molecule has 0 spiro atoms. The average Bonchev–Trinajstić information content (AvgIpc) is 2.77. The van der Waals surface area contributed by atoms with Gasteiger partial charge in [0.15, 0.2) is 5.78 Å². The fourth-order valence-corrected chi connectivity index (χ4v) is 6.79. The Bertz CT molecular complexity index is 536. The molecule has 2 heteroatoms. The summed E-state index contributed by atoms with van der Waals surface area (Å²) >= 11 is 0. The van der Waals surface area contributed by atoms with Crippen LogP contribution in [0.2, 0.25) is 0 Å². The second-order valence-electron chi connectivity index (χ2n) is 9.14. The number of hydrogen-bond acceptors (Lipinski definition) is 2. The third kappa shape index (κ3) is 1.79. The molecule has 0 heterocycles. The van der Waals surface area contributed by atoms with Gasteiger partial charge in [0.2, 0.25) is 0 Å². The molecule has 0 amide bonds. The predicted molar refractivity (Wildman–Crippen MR) is 87.3 cm³/mol. The molecule has 2 nitrogen and oxygen atoms in total. The van der Waals surface area contributed by atoms with Crippen molar-refractivity contribution in [2.75, 3.05) is 0 Å². The van der Waals surface area contributed by atoms with Crippen molar-refractivity contribution in [3.8, 4) is 0 Å². The van der Waals surface area contributed by atoms with Crippen molar-refractivity contribution in [3.63, 3.8) is 0 Å². The lowest BCUT2D eigenvalue weighted by Gasteiger charge is -2.59. The molecule has 0 aromatic carbocycles. The smallest absolute Gasteiger partial charge is 0.155 e. The number of aliphatic hydroxyl groups is 1. The van der Waals surface area contributed by atoms with Crippen LogP contribution in [0.4, 0.5) is 0 Å². The number of carbonyl (C=O) groups is 1. The SMILES string of the molecule is C[C@H]1CCC2C3C(O)CC4=CC(=O)CC[C@]4(C)C3CC[C@@]21C. The van der Waals surface area contributed by atoms with Gasteiger partial charge in [-0.3, -0.25) is 4.79 Å². The van der Waals surface area contributed by atoms with E-state index in [2.05, 4.69) is 20.8 Å². The Morgan fingerprint density at radius 2 is 1.91 bits per heavy atom. The number of aliphatic hydroxyl groups excluding tert-OH is 1. The lowest BCUT2D eigenvalue weighted by atomic mass is 9.46. The molecule has 122 valence electrons. The second kappa shape index (κ2) is 4.69. The van der Waals surface area contributed by atoms with Crippen molar-refractivity contribution in [2.45, 2.75) is 71.8 Å². The van der Waals surface area contributed by atoms with Crippen LogP contribution in [0.5, 0.6) is 0 Å². The van der Waals surface area contributed by atoms with E-state index in [0.717, 1.165) is 18.8 Å². The van der Waals surface area contributed by atoms with E-state index < -0.39 is 0 Å². The monoisotopic (exact) mass is 302 g/mol. The van der Waals surface area contributed by atoms with Gasteiger partial charge in [0.25, 0.3) is 0 Å². The first kappa shape index (κ1) is 14.9.